The Bertz CT molecular complexity index is 226. The molecule has 0 saturated carbocycles. The highest BCUT2D eigenvalue weighted by atomic mass is 16.5. The van der Waals surface area contributed by atoms with Gasteiger partial charge in [0.15, 0.2) is 5.88 Å². The van der Waals surface area contributed by atoms with E-state index in [-0.39, 0.29) is 5.60 Å². The number of hydrogen-bond acceptors (Lipinski definition) is 2. The number of H-pyrrole nitrogens is 1. The molecule has 2 rings (SSSR count). The van der Waals surface area contributed by atoms with Crippen molar-refractivity contribution in [3.63, 3.8) is 0 Å². The topological polar surface area (TPSA) is 37.0 Å². The van der Waals surface area contributed by atoms with Crippen molar-refractivity contribution in [1.29, 1.82) is 0 Å². The quantitative estimate of drug-likeness (QED) is 0.656. The van der Waals surface area contributed by atoms with Crippen molar-refractivity contribution < 1.29 is 4.74 Å². The highest BCUT2D eigenvalue weighted by Crippen LogP contribution is 2.19. The lowest BCUT2D eigenvalue weighted by atomic mass is 10.0. The summed E-state index contributed by atoms with van der Waals surface area (Å²) in [5.41, 5.74) is 0.00481. The molecule has 0 bridgehead atoms. The summed E-state index contributed by atoms with van der Waals surface area (Å²) < 4.78 is 5.66. The number of nitrogens with one attached hydrogen (secondary N) is 2. The van der Waals surface area contributed by atoms with E-state index in [1.165, 1.54) is 0 Å². The van der Waals surface area contributed by atoms with Gasteiger partial charge in [-0.15, -0.1) is 0 Å². The number of aromatic nitrogens is 1. The van der Waals surface area contributed by atoms with Gasteiger partial charge in [-0.1, -0.05) is 0 Å². The van der Waals surface area contributed by atoms with E-state index in [4.69, 9.17) is 4.74 Å². The zero-order valence-corrected chi connectivity index (χ0v) is 6.55. The molecule has 1 saturated heterocycles. The van der Waals surface area contributed by atoms with Crippen molar-refractivity contribution in [2.45, 2.75) is 12.5 Å². The summed E-state index contributed by atoms with van der Waals surface area (Å²) in [6, 6.07) is 3.87. The SMILES string of the molecule is CC1(Oc2ccc[nH]2)CNC1. The molecule has 60 valence electrons. The van der Waals surface area contributed by atoms with E-state index in [0.29, 0.717) is 0 Å². The summed E-state index contributed by atoms with van der Waals surface area (Å²) in [7, 11) is 0. The van der Waals surface area contributed by atoms with Crippen LogP contribution in [0.15, 0.2) is 18.3 Å². The zero-order valence-electron chi connectivity index (χ0n) is 6.55. The fourth-order valence-electron chi connectivity index (χ4n) is 1.19. The molecule has 0 radical (unpaired) electrons. The van der Waals surface area contributed by atoms with E-state index in [1.54, 1.807) is 0 Å². The summed E-state index contributed by atoms with van der Waals surface area (Å²) in [5.74, 6) is 0.856. The molecule has 2 N–H and O–H groups in total. The average molecular weight is 152 g/mol. The molecule has 2 heterocycles. The summed E-state index contributed by atoms with van der Waals surface area (Å²) in [5, 5.41) is 3.18. The number of ether oxygens (including phenoxy) is 1. The van der Waals surface area contributed by atoms with Crippen molar-refractivity contribution in [2.24, 2.45) is 0 Å². The van der Waals surface area contributed by atoms with Gasteiger partial charge in [-0.25, -0.2) is 0 Å². The fourth-order valence-corrected chi connectivity index (χ4v) is 1.19. The van der Waals surface area contributed by atoms with Gasteiger partial charge >= 0.3 is 0 Å². The van der Waals surface area contributed by atoms with Gasteiger partial charge in [0.05, 0.1) is 0 Å². The highest BCUT2D eigenvalue weighted by Gasteiger charge is 2.33. The molecule has 1 aromatic heterocycles. The Morgan fingerprint density at radius 3 is 2.82 bits per heavy atom. The third-order valence-corrected chi connectivity index (χ3v) is 1.92. The van der Waals surface area contributed by atoms with Crippen molar-refractivity contribution in [1.82, 2.24) is 10.3 Å². The molecule has 0 aromatic carbocycles. The van der Waals surface area contributed by atoms with Crippen molar-refractivity contribution in [3.05, 3.63) is 18.3 Å². The van der Waals surface area contributed by atoms with Crippen LogP contribution in [0, 0.1) is 0 Å². The lowest BCUT2D eigenvalue weighted by Gasteiger charge is -2.38. The second-order valence-electron chi connectivity index (χ2n) is 3.19. The molecule has 0 spiro atoms. The maximum absolute atomic E-state index is 5.66. The fraction of sp³-hybridized carbons (Fsp3) is 0.500. The van der Waals surface area contributed by atoms with Crippen LogP contribution in [0.4, 0.5) is 0 Å². The molecule has 0 aliphatic carbocycles. The smallest absolute Gasteiger partial charge is 0.191 e. The molecular weight excluding hydrogens is 140 g/mol. The average Bonchev–Trinajstić information content (AvgIpc) is 2.36. The third-order valence-electron chi connectivity index (χ3n) is 1.92. The maximum atomic E-state index is 5.66. The van der Waals surface area contributed by atoms with Crippen molar-refractivity contribution in [2.75, 3.05) is 13.1 Å². The third kappa shape index (κ3) is 1.24. The summed E-state index contributed by atoms with van der Waals surface area (Å²) >= 11 is 0. The second-order valence-corrected chi connectivity index (χ2v) is 3.19. The minimum atomic E-state index is 0.00481. The van der Waals surface area contributed by atoms with Crippen molar-refractivity contribution in [3.8, 4) is 5.88 Å². The van der Waals surface area contributed by atoms with Crippen LogP contribution in [0.5, 0.6) is 5.88 Å². The first-order valence-electron chi connectivity index (χ1n) is 3.82. The van der Waals surface area contributed by atoms with E-state index in [1.807, 2.05) is 18.3 Å². The Morgan fingerprint density at radius 1 is 1.55 bits per heavy atom. The van der Waals surface area contributed by atoms with Crippen LogP contribution >= 0.6 is 0 Å². The molecule has 0 unspecified atom stereocenters. The number of aromatic amines is 1. The highest BCUT2D eigenvalue weighted by molar-refractivity contribution is 5.12. The lowest BCUT2D eigenvalue weighted by molar-refractivity contribution is 0.0310. The molecule has 1 aromatic rings. The van der Waals surface area contributed by atoms with Gasteiger partial charge in [-0.3, -0.25) is 0 Å². The predicted molar refractivity (Wildman–Crippen MR) is 42.7 cm³/mol. The molecule has 3 nitrogen and oxygen atoms in total. The van der Waals surface area contributed by atoms with Crippen LogP contribution in [0.25, 0.3) is 0 Å². The largest absolute Gasteiger partial charge is 0.470 e. The first kappa shape index (κ1) is 6.73. The first-order chi connectivity index (χ1) is 5.29. The maximum Gasteiger partial charge on any atom is 0.191 e. The van der Waals surface area contributed by atoms with Crippen molar-refractivity contribution >= 4 is 0 Å². The zero-order chi connectivity index (χ0) is 7.73. The molecule has 1 aliphatic rings. The standard InChI is InChI=1S/C8H12N2O/c1-8(5-9-6-8)11-7-3-2-4-10-7/h2-4,9-10H,5-6H2,1H3. The molecule has 0 atom stereocenters. The van der Waals surface area contributed by atoms with Gasteiger partial charge in [0.1, 0.15) is 5.60 Å². The summed E-state index contributed by atoms with van der Waals surface area (Å²) in [6.45, 7) is 3.97. The Labute approximate surface area is 65.8 Å². The monoisotopic (exact) mass is 152 g/mol. The van der Waals surface area contributed by atoms with Gasteiger partial charge in [0.25, 0.3) is 0 Å². The van der Waals surface area contributed by atoms with Crippen LogP contribution in [0.2, 0.25) is 0 Å². The summed E-state index contributed by atoms with van der Waals surface area (Å²) in [4.78, 5) is 3.01. The Hall–Kier alpha value is -0.960. The van der Waals surface area contributed by atoms with E-state index >= 15 is 0 Å². The van der Waals surface area contributed by atoms with E-state index in [0.717, 1.165) is 19.0 Å². The van der Waals surface area contributed by atoms with Gasteiger partial charge in [0.2, 0.25) is 0 Å². The van der Waals surface area contributed by atoms with Gasteiger partial charge in [-0.2, -0.15) is 0 Å². The van der Waals surface area contributed by atoms with E-state index in [9.17, 15) is 0 Å². The summed E-state index contributed by atoms with van der Waals surface area (Å²) in [6.07, 6.45) is 1.87. The molecule has 1 fully saturated rings. The molecule has 1 aliphatic heterocycles. The number of rotatable bonds is 2. The Morgan fingerprint density at radius 2 is 2.36 bits per heavy atom. The second kappa shape index (κ2) is 2.27. The van der Waals surface area contributed by atoms with Gasteiger partial charge in [-0.05, 0) is 19.1 Å². The van der Waals surface area contributed by atoms with Crippen LogP contribution in [-0.4, -0.2) is 23.7 Å². The van der Waals surface area contributed by atoms with E-state index < -0.39 is 0 Å². The van der Waals surface area contributed by atoms with E-state index in [2.05, 4.69) is 17.2 Å². The molecule has 3 heteroatoms. The van der Waals surface area contributed by atoms with Crippen LogP contribution in [0.1, 0.15) is 6.92 Å². The predicted octanol–water partition coefficient (Wildman–Crippen LogP) is 0.755. The Kier molecular flexibility index (Phi) is 1.39. The van der Waals surface area contributed by atoms with Gasteiger partial charge in [0, 0.05) is 19.3 Å². The van der Waals surface area contributed by atoms with Crippen LogP contribution in [0.3, 0.4) is 0 Å². The van der Waals surface area contributed by atoms with Crippen LogP contribution in [-0.2, 0) is 0 Å². The number of hydrogen-bond donors (Lipinski definition) is 2. The van der Waals surface area contributed by atoms with Crippen LogP contribution < -0.4 is 10.1 Å². The normalized spacial score (nSPS) is 20.8. The minimum Gasteiger partial charge on any atom is -0.470 e. The molecule has 0 amide bonds. The lowest BCUT2D eigenvalue weighted by Crippen LogP contribution is -2.61. The minimum absolute atomic E-state index is 0.00481. The Balaban J connectivity index is 2.00. The molecule has 11 heavy (non-hydrogen) atoms. The van der Waals surface area contributed by atoms with Gasteiger partial charge < -0.3 is 15.0 Å². The molecular formula is C8H12N2O. The first-order valence-corrected chi connectivity index (χ1v) is 3.82.